The van der Waals surface area contributed by atoms with Crippen molar-refractivity contribution in [2.75, 3.05) is 23.8 Å². The van der Waals surface area contributed by atoms with Gasteiger partial charge in [0.15, 0.2) is 0 Å². The Labute approximate surface area is 281 Å². The van der Waals surface area contributed by atoms with Crippen LogP contribution in [0.15, 0.2) is 94.7 Å². The molecule has 0 aliphatic rings. The molecule has 0 fully saturated rings. The van der Waals surface area contributed by atoms with E-state index in [1.54, 1.807) is 48.5 Å². The summed E-state index contributed by atoms with van der Waals surface area (Å²) in [6.07, 6.45) is 6.94. The van der Waals surface area contributed by atoms with Crippen molar-refractivity contribution in [2.45, 2.75) is 75.0 Å². The molecule has 4 rings (SSSR count). The van der Waals surface area contributed by atoms with Gasteiger partial charge in [0, 0.05) is 20.9 Å². The normalized spacial score (nSPS) is 10.8. The molecule has 2 amide bonds. The molecule has 0 bridgehead atoms. The first kappa shape index (κ1) is 35.2. The summed E-state index contributed by atoms with van der Waals surface area (Å²) in [5, 5.41) is 25.9. The van der Waals surface area contributed by atoms with Crippen LogP contribution in [0.5, 0.6) is 11.5 Å². The van der Waals surface area contributed by atoms with Gasteiger partial charge >= 0.3 is 12.2 Å². The Morgan fingerprint density at radius 1 is 0.574 bits per heavy atom. The number of aromatic hydroxyl groups is 2. The number of rotatable bonds is 16. The fraction of sp³-hybridized carbons (Fsp3) is 0.316. The minimum absolute atomic E-state index is 0.130. The van der Waals surface area contributed by atoms with Gasteiger partial charge < -0.3 is 19.7 Å². The van der Waals surface area contributed by atoms with Crippen LogP contribution in [0.3, 0.4) is 0 Å². The van der Waals surface area contributed by atoms with Crippen LogP contribution in [0.4, 0.5) is 21.0 Å². The van der Waals surface area contributed by atoms with Crippen molar-refractivity contribution in [3.8, 4) is 33.8 Å². The monoisotopic (exact) mass is 656 g/mol. The van der Waals surface area contributed by atoms with E-state index in [1.165, 1.54) is 11.8 Å². The highest BCUT2D eigenvalue weighted by Gasteiger charge is 2.19. The SMILES string of the molecule is CCCCCCOC(=O)Nc1cccc(Sc2cccc(NC(=O)OCCCCCC)c2-c2ccc(O)cc2)c1-c1ccc(O)cc1. The topological polar surface area (TPSA) is 117 Å². The van der Waals surface area contributed by atoms with Crippen molar-refractivity contribution in [1.29, 1.82) is 0 Å². The highest BCUT2D eigenvalue weighted by Crippen LogP contribution is 2.46. The van der Waals surface area contributed by atoms with Gasteiger partial charge in [-0.1, -0.05) is 101 Å². The zero-order valence-corrected chi connectivity index (χ0v) is 27.9. The number of benzene rings is 4. The molecule has 0 spiro atoms. The molecule has 4 aromatic rings. The molecule has 47 heavy (non-hydrogen) atoms. The standard InChI is InChI=1S/C38H44N2O6S/c1-3-5-7-9-25-45-37(43)39-31-13-11-15-33(35(31)27-17-21-29(41)22-18-27)47-34-16-12-14-32(36(34)28-19-23-30(42)24-20-28)40-38(44)46-26-10-8-6-4-2/h11-24,41-42H,3-10,25-26H2,1-2H3,(H,39,43)(H,40,44). The van der Waals surface area contributed by atoms with Crippen molar-refractivity contribution >= 4 is 35.3 Å². The second-order valence-electron chi connectivity index (χ2n) is 11.2. The number of carbonyl (C=O) groups excluding carboxylic acids is 2. The van der Waals surface area contributed by atoms with Crippen molar-refractivity contribution in [3.63, 3.8) is 0 Å². The molecule has 8 nitrogen and oxygen atoms in total. The number of phenolic OH excluding ortho intramolecular Hbond substituents is 2. The molecule has 0 unspecified atom stereocenters. The van der Waals surface area contributed by atoms with Crippen LogP contribution < -0.4 is 10.6 Å². The van der Waals surface area contributed by atoms with Crippen LogP contribution in [0.25, 0.3) is 22.3 Å². The minimum atomic E-state index is -0.534. The maximum atomic E-state index is 12.8. The van der Waals surface area contributed by atoms with Gasteiger partial charge in [-0.25, -0.2) is 9.59 Å². The summed E-state index contributed by atoms with van der Waals surface area (Å²) in [4.78, 5) is 27.3. The van der Waals surface area contributed by atoms with E-state index in [4.69, 9.17) is 9.47 Å². The van der Waals surface area contributed by atoms with Gasteiger partial charge in [-0.2, -0.15) is 0 Å². The molecule has 0 radical (unpaired) electrons. The summed E-state index contributed by atoms with van der Waals surface area (Å²) in [7, 11) is 0. The van der Waals surface area contributed by atoms with E-state index in [1.807, 2.05) is 36.4 Å². The first-order chi connectivity index (χ1) is 22.9. The minimum Gasteiger partial charge on any atom is -0.508 e. The number of ether oxygens (including phenoxy) is 2. The highest BCUT2D eigenvalue weighted by atomic mass is 32.2. The lowest BCUT2D eigenvalue weighted by atomic mass is 10.0. The van der Waals surface area contributed by atoms with Crippen LogP contribution in [0, 0.1) is 0 Å². The molecule has 0 aliphatic heterocycles. The Morgan fingerprint density at radius 3 is 1.36 bits per heavy atom. The molecule has 0 atom stereocenters. The largest absolute Gasteiger partial charge is 0.508 e. The van der Waals surface area contributed by atoms with Gasteiger partial charge in [0.1, 0.15) is 11.5 Å². The molecule has 4 aromatic carbocycles. The van der Waals surface area contributed by atoms with Crippen LogP contribution in [0.2, 0.25) is 0 Å². The number of carbonyl (C=O) groups is 2. The number of hydrogen-bond donors (Lipinski definition) is 4. The maximum absolute atomic E-state index is 12.8. The smallest absolute Gasteiger partial charge is 0.411 e. The highest BCUT2D eigenvalue weighted by molar-refractivity contribution is 7.99. The summed E-state index contributed by atoms with van der Waals surface area (Å²) in [5.41, 5.74) is 4.20. The second-order valence-corrected chi connectivity index (χ2v) is 12.3. The number of phenols is 2. The molecule has 0 heterocycles. The van der Waals surface area contributed by atoms with Gasteiger partial charge in [0.05, 0.1) is 24.6 Å². The van der Waals surface area contributed by atoms with Crippen LogP contribution in [-0.2, 0) is 9.47 Å². The number of unbranched alkanes of at least 4 members (excludes halogenated alkanes) is 6. The van der Waals surface area contributed by atoms with Crippen molar-refractivity contribution in [2.24, 2.45) is 0 Å². The predicted octanol–water partition coefficient (Wildman–Crippen LogP) is 10.8. The van der Waals surface area contributed by atoms with Gasteiger partial charge in [-0.15, -0.1) is 0 Å². The maximum Gasteiger partial charge on any atom is 0.411 e. The quantitative estimate of drug-likeness (QED) is 0.0886. The van der Waals surface area contributed by atoms with Gasteiger partial charge in [-0.05, 0) is 72.5 Å². The average molecular weight is 657 g/mol. The van der Waals surface area contributed by atoms with E-state index in [0.29, 0.717) is 24.6 Å². The Hall–Kier alpha value is -4.63. The molecule has 9 heteroatoms. The van der Waals surface area contributed by atoms with Crippen LogP contribution >= 0.6 is 11.8 Å². The van der Waals surface area contributed by atoms with E-state index in [-0.39, 0.29) is 11.5 Å². The lowest BCUT2D eigenvalue weighted by Gasteiger charge is -2.19. The number of hydrogen-bond acceptors (Lipinski definition) is 7. The molecule has 0 aliphatic carbocycles. The van der Waals surface area contributed by atoms with E-state index in [2.05, 4.69) is 24.5 Å². The molecular formula is C38H44N2O6S. The van der Waals surface area contributed by atoms with Crippen molar-refractivity contribution < 1.29 is 29.3 Å². The summed E-state index contributed by atoms with van der Waals surface area (Å²) in [6.45, 7) is 4.94. The molecule has 248 valence electrons. The van der Waals surface area contributed by atoms with E-state index < -0.39 is 12.2 Å². The van der Waals surface area contributed by atoms with Crippen LogP contribution in [0.1, 0.15) is 65.2 Å². The number of amides is 2. The molecule has 0 aromatic heterocycles. The summed E-state index contributed by atoms with van der Waals surface area (Å²) >= 11 is 1.47. The zero-order valence-electron chi connectivity index (χ0n) is 27.1. The first-order valence-corrected chi connectivity index (χ1v) is 17.1. The second kappa shape index (κ2) is 18.5. The Balaban J connectivity index is 1.68. The summed E-state index contributed by atoms with van der Waals surface area (Å²) in [5.74, 6) is 0.260. The third-order valence-corrected chi connectivity index (χ3v) is 8.64. The molecule has 0 saturated carbocycles. The number of anilines is 2. The third kappa shape index (κ3) is 10.7. The van der Waals surface area contributed by atoms with Crippen molar-refractivity contribution in [3.05, 3.63) is 84.9 Å². The average Bonchev–Trinajstić information content (AvgIpc) is 3.06. The van der Waals surface area contributed by atoms with Gasteiger partial charge in [0.2, 0.25) is 0 Å². The van der Waals surface area contributed by atoms with Gasteiger partial charge in [0.25, 0.3) is 0 Å². The van der Waals surface area contributed by atoms with E-state index in [9.17, 15) is 19.8 Å². The zero-order chi connectivity index (χ0) is 33.4. The molecule has 0 saturated heterocycles. The van der Waals surface area contributed by atoms with E-state index in [0.717, 1.165) is 83.4 Å². The summed E-state index contributed by atoms with van der Waals surface area (Å²) in [6, 6.07) is 24.9. The van der Waals surface area contributed by atoms with E-state index >= 15 is 0 Å². The lowest BCUT2D eigenvalue weighted by molar-refractivity contribution is 0.158. The molecule has 4 N–H and O–H groups in total. The summed E-state index contributed by atoms with van der Waals surface area (Å²) < 4.78 is 11.0. The first-order valence-electron chi connectivity index (χ1n) is 16.3. The third-order valence-electron chi connectivity index (χ3n) is 7.52. The fourth-order valence-electron chi connectivity index (χ4n) is 5.09. The number of nitrogens with one attached hydrogen (secondary N) is 2. The van der Waals surface area contributed by atoms with Gasteiger partial charge in [-0.3, -0.25) is 10.6 Å². The van der Waals surface area contributed by atoms with Crippen LogP contribution in [-0.4, -0.2) is 35.6 Å². The van der Waals surface area contributed by atoms with Crippen molar-refractivity contribution in [1.82, 2.24) is 0 Å². The molecular weight excluding hydrogens is 612 g/mol. The Bertz CT molecular complexity index is 1470. The fourth-order valence-corrected chi connectivity index (χ4v) is 6.28. The lowest BCUT2D eigenvalue weighted by Crippen LogP contribution is -2.15. The Kier molecular flexibility index (Phi) is 13.9. The Morgan fingerprint density at radius 2 is 0.979 bits per heavy atom. The predicted molar refractivity (Wildman–Crippen MR) is 189 cm³/mol.